The van der Waals surface area contributed by atoms with Gasteiger partial charge in [-0.1, -0.05) is 0 Å². The largest absolute Gasteiger partial charge is 0.382 e. The second-order valence-electron chi connectivity index (χ2n) is 2.32. The lowest BCUT2D eigenvalue weighted by molar-refractivity contribution is -0.497. The highest BCUT2D eigenvalue weighted by Gasteiger charge is 2.19. The molecule has 1 aromatic rings. The van der Waals surface area contributed by atoms with Gasteiger partial charge in [0.2, 0.25) is 6.54 Å². The SMILES string of the molecule is NC(=O)c1c(N)n[nH]c1C[N+](=O)[O-]. The van der Waals surface area contributed by atoms with Crippen LogP contribution in [-0.4, -0.2) is 21.0 Å². The highest BCUT2D eigenvalue weighted by atomic mass is 16.6. The smallest absolute Gasteiger partial charge is 0.254 e. The van der Waals surface area contributed by atoms with E-state index in [1.165, 1.54) is 0 Å². The Morgan fingerprint density at radius 1 is 1.69 bits per heavy atom. The molecule has 0 saturated carbocycles. The first-order chi connectivity index (χ1) is 6.02. The fourth-order valence-corrected chi connectivity index (χ4v) is 0.913. The fourth-order valence-electron chi connectivity index (χ4n) is 0.913. The number of anilines is 1. The monoisotopic (exact) mass is 185 g/mol. The van der Waals surface area contributed by atoms with Crippen LogP contribution in [0.2, 0.25) is 0 Å². The van der Waals surface area contributed by atoms with E-state index in [0.29, 0.717) is 0 Å². The third kappa shape index (κ3) is 1.72. The number of nitrogens with one attached hydrogen (secondary N) is 1. The Balaban J connectivity index is 3.07. The first-order valence-electron chi connectivity index (χ1n) is 3.26. The van der Waals surface area contributed by atoms with Crippen LogP contribution in [0.4, 0.5) is 5.82 Å². The topological polar surface area (TPSA) is 141 Å². The number of H-pyrrole nitrogens is 1. The molecule has 8 heteroatoms. The summed E-state index contributed by atoms with van der Waals surface area (Å²) in [7, 11) is 0. The van der Waals surface area contributed by atoms with Crippen molar-refractivity contribution in [3.63, 3.8) is 0 Å². The molecule has 0 atom stereocenters. The Kier molecular flexibility index (Phi) is 2.13. The third-order valence-corrected chi connectivity index (χ3v) is 1.40. The second-order valence-corrected chi connectivity index (χ2v) is 2.32. The van der Waals surface area contributed by atoms with Crippen LogP contribution < -0.4 is 11.5 Å². The number of nitrogens with two attached hydrogens (primary N) is 2. The average molecular weight is 185 g/mol. The van der Waals surface area contributed by atoms with Crippen LogP contribution in [0.25, 0.3) is 0 Å². The van der Waals surface area contributed by atoms with Gasteiger partial charge in [0.15, 0.2) is 5.82 Å². The van der Waals surface area contributed by atoms with Crippen LogP contribution in [0.15, 0.2) is 0 Å². The summed E-state index contributed by atoms with van der Waals surface area (Å²) in [6.45, 7) is -0.553. The first kappa shape index (κ1) is 8.97. The molecule has 13 heavy (non-hydrogen) atoms. The molecule has 5 N–H and O–H groups in total. The Morgan fingerprint density at radius 2 is 2.31 bits per heavy atom. The van der Waals surface area contributed by atoms with E-state index in [0.717, 1.165) is 0 Å². The number of aromatic amines is 1. The van der Waals surface area contributed by atoms with E-state index >= 15 is 0 Å². The van der Waals surface area contributed by atoms with Crippen molar-refractivity contribution in [2.45, 2.75) is 6.54 Å². The molecule has 0 saturated heterocycles. The van der Waals surface area contributed by atoms with Gasteiger partial charge < -0.3 is 11.5 Å². The Bertz CT molecular complexity index is 357. The normalized spacial score (nSPS) is 9.85. The highest BCUT2D eigenvalue weighted by Crippen LogP contribution is 2.12. The average Bonchev–Trinajstić information content (AvgIpc) is 2.30. The lowest BCUT2D eigenvalue weighted by Crippen LogP contribution is -2.15. The van der Waals surface area contributed by atoms with Gasteiger partial charge in [-0.25, -0.2) is 0 Å². The van der Waals surface area contributed by atoms with Gasteiger partial charge in [-0.3, -0.25) is 20.0 Å². The molecule has 0 radical (unpaired) electrons. The third-order valence-electron chi connectivity index (χ3n) is 1.40. The van der Waals surface area contributed by atoms with Crippen LogP contribution in [0.3, 0.4) is 0 Å². The number of hydrogen-bond donors (Lipinski definition) is 3. The van der Waals surface area contributed by atoms with Gasteiger partial charge in [0.05, 0.1) is 0 Å². The van der Waals surface area contributed by atoms with Crippen molar-refractivity contribution in [1.82, 2.24) is 10.2 Å². The van der Waals surface area contributed by atoms with Crippen LogP contribution in [0.1, 0.15) is 16.1 Å². The van der Waals surface area contributed by atoms with E-state index in [4.69, 9.17) is 11.5 Å². The summed E-state index contributed by atoms with van der Waals surface area (Å²) in [6, 6.07) is 0. The van der Waals surface area contributed by atoms with Gasteiger partial charge in [-0.05, 0) is 0 Å². The predicted molar refractivity (Wildman–Crippen MR) is 42.2 cm³/mol. The lowest BCUT2D eigenvalue weighted by atomic mass is 10.2. The molecule has 8 nitrogen and oxygen atoms in total. The minimum Gasteiger partial charge on any atom is -0.382 e. The highest BCUT2D eigenvalue weighted by molar-refractivity contribution is 5.98. The predicted octanol–water partition coefficient (Wildman–Crippen LogP) is -1.13. The zero-order chi connectivity index (χ0) is 10.0. The molecular weight excluding hydrogens is 178 g/mol. The quantitative estimate of drug-likeness (QED) is 0.403. The Hall–Kier alpha value is -2.12. The molecule has 1 amide bonds. The van der Waals surface area contributed by atoms with Gasteiger partial charge >= 0.3 is 0 Å². The number of hydrogen-bond acceptors (Lipinski definition) is 5. The molecule has 0 aliphatic carbocycles. The van der Waals surface area contributed by atoms with E-state index in [1.54, 1.807) is 0 Å². The number of nitrogens with zero attached hydrogens (tertiary/aromatic N) is 2. The van der Waals surface area contributed by atoms with E-state index in [2.05, 4.69) is 10.2 Å². The Labute approximate surface area is 72.1 Å². The molecule has 70 valence electrons. The Morgan fingerprint density at radius 3 is 2.77 bits per heavy atom. The summed E-state index contributed by atoms with van der Waals surface area (Å²) in [5.74, 6) is -0.951. The van der Waals surface area contributed by atoms with E-state index in [9.17, 15) is 14.9 Å². The second kappa shape index (κ2) is 3.09. The van der Waals surface area contributed by atoms with Crippen molar-refractivity contribution < 1.29 is 9.72 Å². The van der Waals surface area contributed by atoms with Gasteiger partial charge in [0.25, 0.3) is 5.91 Å². The van der Waals surface area contributed by atoms with Gasteiger partial charge in [-0.2, -0.15) is 5.10 Å². The minimum atomic E-state index is -0.830. The maximum atomic E-state index is 10.7. The number of rotatable bonds is 3. The molecule has 0 aliphatic rings. The number of aromatic nitrogens is 2. The van der Waals surface area contributed by atoms with Gasteiger partial charge in [0, 0.05) is 4.92 Å². The van der Waals surface area contributed by atoms with Crippen molar-refractivity contribution in [3.8, 4) is 0 Å². The summed E-state index contributed by atoms with van der Waals surface area (Å²) in [4.78, 5) is 20.3. The summed E-state index contributed by atoms with van der Waals surface area (Å²) in [6.07, 6.45) is 0. The maximum Gasteiger partial charge on any atom is 0.254 e. The number of primary amides is 1. The standard InChI is InChI=1S/C5H7N5O3/c6-4-3(5(7)11)2(8-9-4)1-10(12)13/h1H2,(H2,7,11)(H3,6,8,9). The van der Waals surface area contributed by atoms with Crippen molar-refractivity contribution in [2.75, 3.05) is 5.73 Å². The van der Waals surface area contributed by atoms with E-state index in [-0.39, 0.29) is 17.1 Å². The van der Waals surface area contributed by atoms with E-state index in [1.807, 2.05) is 0 Å². The van der Waals surface area contributed by atoms with E-state index < -0.39 is 17.4 Å². The maximum absolute atomic E-state index is 10.7. The van der Waals surface area contributed by atoms with Crippen LogP contribution in [-0.2, 0) is 6.54 Å². The molecule has 1 heterocycles. The van der Waals surface area contributed by atoms with Crippen molar-refractivity contribution >= 4 is 11.7 Å². The van der Waals surface area contributed by atoms with Crippen LogP contribution in [0.5, 0.6) is 0 Å². The molecule has 0 fully saturated rings. The fraction of sp³-hybridized carbons (Fsp3) is 0.200. The zero-order valence-electron chi connectivity index (χ0n) is 6.48. The lowest BCUT2D eigenvalue weighted by Gasteiger charge is -1.93. The number of carbonyl (C=O) groups excluding carboxylic acids is 1. The van der Waals surface area contributed by atoms with Crippen molar-refractivity contribution in [1.29, 1.82) is 0 Å². The summed E-state index contributed by atoms with van der Waals surface area (Å²) in [5, 5.41) is 15.8. The van der Waals surface area contributed by atoms with Crippen LogP contribution >= 0.6 is 0 Å². The van der Waals surface area contributed by atoms with Crippen molar-refractivity contribution in [3.05, 3.63) is 21.4 Å². The van der Waals surface area contributed by atoms with Gasteiger partial charge in [0.1, 0.15) is 11.3 Å². The molecule has 1 aromatic heterocycles. The number of nitrogen functional groups attached to an aromatic ring is 1. The molecule has 0 bridgehead atoms. The molecule has 1 rings (SSSR count). The zero-order valence-corrected chi connectivity index (χ0v) is 6.48. The van der Waals surface area contributed by atoms with Crippen LogP contribution in [0, 0.1) is 10.1 Å². The molecule has 0 spiro atoms. The molecule has 0 unspecified atom stereocenters. The van der Waals surface area contributed by atoms with Gasteiger partial charge in [-0.15, -0.1) is 0 Å². The number of carbonyl (C=O) groups is 1. The molecule has 0 aliphatic heterocycles. The molecule has 0 aromatic carbocycles. The minimum absolute atomic E-state index is 0.0231. The number of amides is 1. The molecular formula is C5H7N5O3. The first-order valence-corrected chi connectivity index (χ1v) is 3.26. The summed E-state index contributed by atoms with van der Waals surface area (Å²) in [5.41, 5.74) is 10.1. The van der Waals surface area contributed by atoms with Crippen molar-refractivity contribution in [2.24, 2.45) is 5.73 Å². The summed E-state index contributed by atoms with van der Waals surface area (Å²) >= 11 is 0. The number of nitro groups is 1. The summed E-state index contributed by atoms with van der Waals surface area (Å²) < 4.78 is 0.